The van der Waals surface area contributed by atoms with Crippen molar-refractivity contribution in [3.8, 4) is 11.8 Å². The molecule has 1 aromatic rings. The van der Waals surface area contributed by atoms with Crippen molar-refractivity contribution in [2.24, 2.45) is 0 Å². The highest BCUT2D eigenvalue weighted by atomic mass is 16.3. The molecular formula is C10H17NO2. The highest BCUT2D eigenvalue weighted by molar-refractivity contribution is 5.23. The third kappa shape index (κ3) is 2.68. The molecule has 13 heavy (non-hydrogen) atoms. The lowest BCUT2D eigenvalue weighted by Crippen LogP contribution is -1.96. The predicted octanol–water partition coefficient (Wildman–Crippen LogP) is 2.48. The molecule has 0 aliphatic carbocycles. The van der Waals surface area contributed by atoms with Crippen molar-refractivity contribution in [3.63, 3.8) is 0 Å². The van der Waals surface area contributed by atoms with Crippen LogP contribution < -0.4 is 0 Å². The van der Waals surface area contributed by atoms with Gasteiger partial charge in [0.1, 0.15) is 0 Å². The van der Waals surface area contributed by atoms with Gasteiger partial charge >= 0.3 is 0 Å². The molecule has 0 unspecified atom stereocenters. The van der Waals surface area contributed by atoms with Crippen LogP contribution >= 0.6 is 0 Å². The minimum absolute atomic E-state index is 0.147. The molecule has 1 rings (SSSR count). The molecule has 74 valence electrons. The summed E-state index contributed by atoms with van der Waals surface area (Å²) in [6.45, 7) is 2.86. The third-order valence-electron chi connectivity index (χ3n) is 2.17. The van der Waals surface area contributed by atoms with Gasteiger partial charge in [0, 0.05) is 18.7 Å². The summed E-state index contributed by atoms with van der Waals surface area (Å²) in [6.07, 6.45) is 4.56. The molecule has 1 heterocycles. The zero-order valence-corrected chi connectivity index (χ0v) is 8.03. The molecule has 0 atom stereocenters. The van der Waals surface area contributed by atoms with Crippen molar-refractivity contribution in [2.75, 3.05) is 0 Å². The van der Waals surface area contributed by atoms with Gasteiger partial charge in [-0.3, -0.25) is 4.57 Å². The Morgan fingerprint density at radius 1 is 1.08 bits per heavy atom. The first-order valence-corrected chi connectivity index (χ1v) is 4.83. The highest BCUT2D eigenvalue weighted by Gasteiger charge is 2.03. The fourth-order valence-corrected chi connectivity index (χ4v) is 1.37. The number of hydrogen-bond donors (Lipinski definition) is 2. The molecule has 0 saturated carbocycles. The predicted molar refractivity (Wildman–Crippen MR) is 51.9 cm³/mol. The molecule has 0 radical (unpaired) electrons. The van der Waals surface area contributed by atoms with Gasteiger partial charge in [-0.25, -0.2) is 0 Å². The Morgan fingerprint density at radius 3 is 2.23 bits per heavy atom. The number of aromatic nitrogens is 1. The maximum absolute atomic E-state index is 9.29. The van der Waals surface area contributed by atoms with Crippen molar-refractivity contribution in [1.29, 1.82) is 0 Å². The van der Waals surface area contributed by atoms with E-state index in [0.717, 1.165) is 12.8 Å². The van der Waals surface area contributed by atoms with Gasteiger partial charge in [-0.1, -0.05) is 26.2 Å². The van der Waals surface area contributed by atoms with E-state index in [2.05, 4.69) is 6.92 Å². The van der Waals surface area contributed by atoms with Crippen molar-refractivity contribution in [3.05, 3.63) is 12.1 Å². The summed E-state index contributed by atoms with van der Waals surface area (Å²) in [4.78, 5) is 0. The molecule has 0 spiro atoms. The molecule has 0 aromatic carbocycles. The van der Waals surface area contributed by atoms with Gasteiger partial charge in [0.2, 0.25) is 0 Å². The maximum Gasteiger partial charge on any atom is 0.193 e. The largest absolute Gasteiger partial charge is 0.494 e. The molecule has 0 saturated heterocycles. The van der Waals surface area contributed by atoms with Gasteiger partial charge in [0.05, 0.1) is 0 Å². The smallest absolute Gasteiger partial charge is 0.193 e. The van der Waals surface area contributed by atoms with Gasteiger partial charge in [-0.2, -0.15) is 0 Å². The van der Waals surface area contributed by atoms with E-state index in [1.54, 1.807) is 0 Å². The second kappa shape index (κ2) is 4.80. The van der Waals surface area contributed by atoms with Crippen LogP contribution in [-0.4, -0.2) is 14.8 Å². The highest BCUT2D eigenvalue weighted by Crippen LogP contribution is 2.21. The summed E-state index contributed by atoms with van der Waals surface area (Å²) in [7, 11) is 0. The second-order valence-corrected chi connectivity index (χ2v) is 3.26. The molecule has 0 aliphatic heterocycles. The van der Waals surface area contributed by atoms with Crippen LogP contribution in [0.2, 0.25) is 0 Å². The van der Waals surface area contributed by atoms with Crippen LogP contribution in [0.15, 0.2) is 12.1 Å². The summed E-state index contributed by atoms with van der Waals surface area (Å²) in [5.41, 5.74) is 0. The molecule has 3 heteroatoms. The van der Waals surface area contributed by atoms with Crippen LogP contribution in [0.25, 0.3) is 0 Å². The van der Waals surface area contributed by atoms with Gasteiger partial charge < -0.3 is 10.2 Å². The van der Waals surface area contributed by atoms with E-state index in [1.807, 2.05) is 0 Å². The van der Waals surface area contributed by atoms with Gasteiger partial charge in [0.15, 0.2) is 11.8 Å². The van der Waals surface area contributed by atoms with E-state index in [0.29, 0.717) is 6.54 Å². The van der Waals surface area contributed by atoms with E-state index >= 15 is 0 Å². The lowest BCUT2D eigenvalue weighted by Gasteiger charge is -2.05. The van der Waals surface area contributed by atoms with Gasteiger partial charge in [-0.05, 0) is 6.42 Å². The number of aromatic hydroxyl groups is 2. The molecule has 3 nitrogen and oxygen atoms in total. The molecule has 0 aliphatic rings. The zero-order valence-electron chi connectivity index (χ0n) is 8.03. The average Bonchev–Trinajstić information content (AvgIpc) is 2.42. The van der Waals surface area contributed by atoms with Gasteiger partial charge in [0.25, 0.3) is 0 Å². The average molecular weight is 183 g/mol. The van der Waals surface area contributed by atoms with Crippen LogP contribution in [0.4, 0.5) is 0 Å². The Kier molecular flexibility index (Phi) is 3.68. The van der Waals surface area contributed by atoms with Crippen LogP contribution in [0.5, 0.6) is 11.8 Å². The SMILES string of the molecule is CCCCCCn1c(O)ccc1O. The molecular weight excluding hydrogens is 166 g/mol. The first-order chi connectivity index (χ1) is 6.25. The van der Waals surface area contributed by atoms with E-state index in [-0.39, 0.29) is 11.8 Å². The molecule has 1 aromatic heterocycles. The van der Waals surface area contributed by atoms with Crippen molar-refractivity contribution in [1.82, 2.24) is 4.57 Å². The minimum atomic E-state index is 0.147. The molecule has 0 fully saturated rings. The van der Waals surface area contributed by atoms with E-state index in [1.165, 1.54) is 29.5 Å². The monoisotopic (exact) mass is 183 g/mol. The summed E-state index contributed by atoms with van der Waals surface area (Å²) in [5, 5.41) is 18.6. The number of unbranched alkanes of at least 4 members (excludes halogenated alkanes) is 3. The number of hydrogen-bond acceptors (Lipinski definition) is 2. The summed E-state index contributed by atoms with van der Waals surface area (Å²) in [5.74, 6) is 0.294. The van der Waals surface area contributed by atoms with Crippen LogP contribution in [0.3, 0.4) is 0 Å². The van der Waals surface area contributed by atoms with E-state index < -0.39 is 0 Å². The summed E-state index contributed by atoms with van der Waals surface area (Å²) < 4.78 is 1.52. The Bertz CT molecular complexity index is 236. The Morgan fingerprint density at radius 2 is 1.69 bits per heavy atom. The summed E-state index contributed by atoms with van der Waals surface area (Å²) in [6, 6.07) is 3.02. The van der Waals surface area contributed by atoms with E-state index in [9.17, 15) is 10.2 Å². The molecule has 0 bridgehead atoms. The second-order valence-electron chi connectivity index (χ2n) is 3.26. The maximum atomic E-state index is 9.29. The zero-order chi connectivity index (χ0) is 9.68. The fourth-order valence-electron chi connectivity index (χ4n) is 1.37. The molecule has 2 N–H and O–H groups in total. The van der Waals surface area contributed by atoms with Crippen molar-refractivity contribution in [2.45, 2.75) is 39.2 Å². The lowest BCUT2D eigenvalue weighted by molar-refractivity contribution is 0.362. The third-order valence-corrected chi connectivity index (χ3v) is 2.17. The van der Waals surface area contributed by atoms with Crippen LogP contribution in [-0.2, 0) is 6.54 Å². The van der Waals surface area contributed by atoms with E-state index in [4.69, 9.17) is 0 Å². The van der Waals surface area contributed by atoms with Crippen molar-refractivity contribution < 1.29 is 10.2 Å². The van der Waals surface area contributed by atoms with Crippen LogP contribution in [0, 0.1) is 0 Å². The first-order valence-electron chi connectivity index (χ1n) is 4.83. The standard InChI is InChI=1S/C10H17NO2/c1-2-3-4-5-8-11-9(12)6-7-10(11)13/h6-7,12-13H,2-5,8H2,1H3. The van der Waals surface area contributed by atoms with Crippen LogP contribution in [0.1, 0.15) is 32.6 Å². The fraction of sp³-hybridized carbons (Fsp3) is 0.600. The minimum Gasteiger partial charge on any atom is -0.494 e. The lowest BCUT2D eigenvalue weighted by atomic mass is 10.2. The Balaban J connectivity index is 2.36. The Hall–Kier alpha value is -1.12. The topological polar surface area (TPSA) is 45.4 Å². The molecule has 0 amide bonds. The van der Waals surface area contributed by atoms with Gasteiger partial charge in [-0.15, -0.1) is 0 Å². The number of rotatable bonds is 5. The first kappa shape index (κ1) is 9.96. The number of nitrogens with zero attached hydrogens (tertiary/aromatic N) is 1. The normalized spacial score (nSPS) is 10.5. The van der Waals surface area contributed by atoms with Crippen molar-refractivity contribution >= 4 is 0 Å². The summed E-state index contributed by atoms with van der Waals surface area (Å²) >= 11 is 0. The quantitative estimate of drug-likeness (QED) is 0.689. The Labute approximate surface area is 78.6 Å².